The number of aliphatic carboxylic acids is 1. The lowest BCUT2D eigenvalue weighted by Crippen LogP contribution is -2.52. The summed E-state index contributed by atoms with van der Waals surface area (Å²) in [5, 5.41) is 11.6. The van der Waals surface area contributed by atoms with Crippen LogP contribution in [-0.2, 0) is 19.1 Å². The first-order valence-electron chi connectivity index (χ1n) is 6.77. The number of hydrogen-bond donors (Lipinski definition) is 2. The van der Waals surface area contributed by atoms with Crippen LogP contribution in [0.5, 0.6) is 0 Å². The monoisotopic (exact) mass is 303 g/mol. The maximum Gasteiger partial charge on any atom is 0.408 e. The largest absolute Gasteiger partial charge is 0.480 e. The summed E-state index contributed by atoms with van der Waals surface area (Å²) in [5.74, 6) is -1.75. The zero-order valence-electron chi connectivity index (χ0n) is 13.5. The van der Waals surface area contributed by atoms with Crippen LogP contribution in [0.3, 0.4) is 0 Å². The van der Waals surface area contributed by atoms with Crippen molar-refractivity contribution in [2.24, 2.45) is 5.41 Å². The molecule has 0 saturated carbocycles. The maximum atomic E-state index is 11.7. The topological polar surface area (TPSA) is 102 Å². The highest BCUT2D eigenvalue weighted by Gasteiger charge is 2.39. The van der Waals surface area contributed by atoms with Gasteiger partial charge >= 0.3 is 18.0 Å². The van der Waals surface area contributed by atoms with E-state index in [1.165, 1.54) is 0 Å². The first-order chi connectivity index (χ1) is 9.39. The maximum absolute atomic E-state index is 11.7. The number of carboxylic acids is 1. The van der Waals surface area contributed by atoms with Gasteiger partial charge in [-0.1, -0.05) is 13.8 Å². The molecule has 0 fully saturated rings. The molecule has 0 aliphatic rings. The molecule has 0 aromatic carbocycles. The Balaban J connectivity index is 4.92. The van der Waals surface area contributed by atoms with E-state index < -0.39 is 35.1 Å². The summed E-state index contributed by atoms with van der Waals surface area (Å²) >= 11 is 0. The van der Waals surface area contributed by atoms with Gasteiger partial charge in [-0.25, -0.2) is 9.59 Å². The third-order valence-corrected chi connectivity index (χ3v) is 2.59. The normalized spacial score (nSPS) is 13.2. The van der Waals surface area contributed by atoms with Crippen LogP contribution >= 0.6 is 0 Å². The Kier molecular flexibility index (Phi) is 6.66. The summed E-state index contributed by atoms with van der Waals surface area (Å²) in [4.78, 5) is 34.6. The van der Waals surface area contributed by atoms with E-state index in [0.29, 0.717) is 0 Å². The Hall–Kier alpha value is -1.79. The van der Waals surface area contributed by atoms with E-state index in [9.17, 15) is 19.5 Å². The molecule has 0 rings (SSSR count). The highest BCUT2D eigenvalue weighted by molar-refractivity contribution is 5.82. The second-order valence-electron chi connectivity index (χ2n) is 6.39. The fourth-order valence-corrected chi connectivity index (χ4v) is 1.70. The summed E-state index contributed by atoms with van der Waals surface area (Å²) in [6, 6.07) is -1.27. The van der Waals surface area contributed by atoms with Gasteiger partial charge in [-0.3, -0.25) is 4.79 Å². The third kappa shape index (κ3) is 7.53. The van der Waals surface area contributed by atoms with E-state index in [1.54, 1.807) is 41.5 Å². The number of hydrogen-bond acceptors (Lipinski definition) is 5. The number of carbonyl (C=O) groups is 3. The highest BCUT2D eigenvalue weighted by atomic mass is 16.6. The molecule has 21 heavy (non-hydrogen) atoms. The quantitative estimate of drug-likeness (QED) is 0.727. The molecule has 0 unspecified atom stereocenters. The average Bonchev–Trinajstić information content (AvgIpc) is 2.22. The minimum absolute atomic E-state index is 0.131. The van der Waals surface area contributed by atoms with Crippen molar-refractivity contribution in [1.29, 1.82) is 0 Å². The number of rotatable bonds is 6. The average molecular weight is 303 g/mol. The van der Waals surface area contributed by atoms with Crippen molar-refractivity contribution in [3.8, 4) is 0 Å². The lowest BCUT2D eigenvalue weighted by Gasteiger charge is -2.31. The number of esters is 1. The molecule has 0 aliphatic carbocycles. The van der Waals surface area contributed by atoms with Crippen LogP contribution in [0.2, 0.25) is 0 Å². The minimum Gasteiger partial charge on any atom is -0.480 e. The van der Waals surface area contributed by atoms with Gasteiger partial charge in [0.25, 0.3) is 0 Å². The molecule has 0 aromatic heterocycles. The van der Waals surface area contributed by atoms with Gasteiger partial charge in [0.1, 0.15) is 11.6 Å². The molecule has 1 atom stereocenters. The highest BCUT2D eigenvalue weighted by Crippen LogP contribution is 2.26. The Bertz CT molecular complexity index is 397. The molecule has 0 radical (unpaired) electrons. The van der Waals surface area contributed by atoms with Crippen molar-refractivity contribution in [1.82, 2.24) is 5.32 Å². The second kappa shape index (κ2) is 7.28. The van der Waals surface area contributed by atoms with Crippen molar-refractivity contribution < 1.29 is 29.0 Å². The number of ether oxygens (including phenoxy) is 2. The van der Waals surface area contributed by atoms with E-state index >= 15 is 0 Å². The first kappa shape index (κ1) is 19.2. The molecule has 0 saturated heterocycles. The Morgan fingerprint density at radius 1 is 1.14 bits per heavy atom. The zero-order chi connectivity index (χ0) is 16.8. The number of carbonyl (C=O) groups excluding carboxylic acids is 2. The van der Waals surface area contributed by atoms with Gasteiger partial charge in [-0.2, -0.15) is 0 Å². The Labute approximate surface area is 125 Å². The van der Waals surface area contributed by atoms with Crippen LogP contribution < -0.4 is 5.32 Å². The van der Waals surface area contributed by atoms with E-state index in [2.05, 4.69) is 5.32 Å². The van der Waals surface area contributed by atoms with Crippen LogP contribution in [0, 0.1) is 5.41 Å². The fraction of sp³-hybridized carbons (Fsp3) is 0.786. The Morgan fingerprint density at radius 2 is 1.67 bits per heavy atom. The van der Waals surface area contributed by atoms with Crippen molar-refractivity contribution in [2.75, 3.05) is 6.61 Å². The van der Waals surface area contributed by atoms with E-state index in [1.807, 2.05) is 0 Å². The standard InChI is InChI=1S/C14H25NO6/c1-7-20-9(16)8-14(5,6)10(11(17)18)15-12(19)21-13(2,3)4/h10H,7-8H2,1-6H3,(H,15,19)(H,17,18)/t10-/m1/s1. The zero-order valence-corrected chi connectivity index (χ0v) is 13.5. The van der Waals surface area contributed by atoms with Crippen molar-refractivity contribution in [2.45, 2.75) is 59.6 Å². The smallest absolute Gasteiger partial charge is 0.408 e. The predicted molar refractivity (Wildman–Crippen MR) is 75.8 cm³/mol. The molecule has 7 heteroatoms. The summed E-state index contributed by atoms with van der Waals surface area (Å²) < 4.78 is 9.85. The van der Waals surface area contributed by atoms with Gasteiger partial charge in [0, 0.05) is 5.41 Å². The Morgan fingerprint density at radius 3 is 2.05 bits per heavy atom. The molecule has 7 nitrogen and oxygen atoms in total. The second-order valence-corrected chi connectivity index (χ2v) is 6.39. The molecule has 0 aromatic rings. The number of carboxylic acid groups (broad SMARTS) is 1. The molecule has 122 valence electrons. The van der Waals surface area contributed by atoms with Gasteiger partial charge in [-0.15, -0.1) is 0 Å². The molecule has 0 bridgehead atoms. The molecule has 1 amide bonds. The van der Waals surface area contributed by atoms with Gasteiger partial charge in [-0.05, 0) is 27.7 Å². The molecule has 0 aliphatic heterocycles. The van der Waals surface area contributed by atoms with Crippen LogP contribution in [0.15, 0.2) is 0 Å². The van der Waals surface area contributed by atoms with Crippen molar-refractivity contribution >= 4 is 18.0 Å². The summed E-state index contributed by atoms with van der Waals surface area (Å²) in [7, 11) is 0. The van der Waals surface area contributed by atoms with Crippen LogP contribution in [-0.4, -0.2) is 41.4 Å². The van der Waals surface area contributed by atoms with Crippen LogP contribution in [0.1, 0.15) is 48.0 Å². The molecule has 0 spiro atoms. The number of amides is 1. The SMILES string of the molecule is CCOC(=O)CC(C)(C)[C@H](NC(=O)OC(C)(C)C)C(=O)O. The van der Waals surface area contributed by atoms with E-state index in [4.69, 9.17) is 9.47 Å². The lowest BCUT2D eigenvalue weighted by atomic mass is 9.81. The van der Waals surface area contributed by atoms with Crippen molar-refractivity contribution in [3.63, 3.8) is 0 Å². The number of alkyl carbamates (subject to hydrolysis) is 1. The minimum atomic E-state index is -1.27. The molecule has 2 N–H and O–H groups in total. The number of nitrogens with one attached hydrogen (secondary N) is 1. The van der Waals surface area contributed by atoms with Crippen LogP contribution in [0.4, 0.5) is 4.79 Å². The fourth-order valence-electron chi connectivity index (χ4n) is 1.70. The van der Waals surface area contributed by atoms with E-state index in [0.717, 1.165) is 0 Å². The van der Waals surface area contributed by atoms with Gasteiger partial charge in [0.15, 0.2) is 0 Å². The summed E-state index contributed by atoms with van der Waals surface area (Å²) in [5.41, 5.74) is -1.76. The molecular formula is C14H25NO6. The van der Waals surface area contributed by atoms with Gasteiger partial charge in [0.05, 0.1) is 13.0 Å². The molecular weight excluding hydrogens is 278 g/mol. The van der Waals surface area contributed by atoms with E-state index in [-0.39, 0.29) is 13.0 Å². The van der Waals surface area contributed by atoms with Gasteiger partial charge in [0.2, 0.25) is 0 Å². The van der Waals surface area contributed by atoms with Crippen LogP contribution in [0.25, 0.3) is 0 Å². The molecule has 0 heterocycles. The van der Waals surface area contributed by atoms with Crippen molar-refractivity contribution in [3.05, 3.63) is 0 Å². The predicted octanol–water partition coefficient (Wildman–Crippen LogP) is 1.94. The lowest BCUT2D eigenvalue weighted by molar-refractivity contribution is -0.149. The third-order valence-electron chi connectivity index (χ3n) is 2.59. The summed E-state index contributed by atoms with van der Waals surface area (Å²) in [6.45, 7) is 10.0. The summed E-state index contributed by atoms with van der Waals surface area (Å²) in [6.07, 6.45) is -0.972. The first-order valence-corrected chi connectivity index (χ1v) is 6.77. The van der Waals surface area contributed by atoms with Gasteiger partial charge < -0.3 is 19.9 Å².